The number of piperazine rings is 1. The van der Waals surface area contributed by atoms with Crippen LogP contribution < -0.4 is 10.6 Å². The van der Waals surface area contributed by atoms with Gasteiger partial charge < -0.3 is 10.6 Å². The average molecular weight is 294 g/mol. The molecule has 0 spiro atoms. The number of benzene rings is 1. The Morgan fingerprint density at radius 3 is 3.00 bits per heavy atom. The van der Waals surface area contributed by atoms with Gasteiger partial charge in [-0.1, -0.05) is 17.7 Å². The summed E-state index contributed by atoms with van der Waals surface area (Å²) < 4.78 is 0. The molecule has 1 aromatic rings. The first kappa shape index (κ1) is 14.2. The first-order valence-corrected chi connectivity index (χ1v) is 8.04. The maximum absolute atomic E-state index is 6.22. The molecule has 2 N–H and O–H groups in total. The number of hydrogen-bond donors (Lipinski definition) is 1. The predicted octanol–water partition coefficient (Wildman–Crippen LogP) is 2.51. The molecule has 3 nitrogen and oxygen atoms in total. The third-order valence-electron chi connectivity index (χ3n) is 4.52. The summed E-state index contributed by atoms with van der Waals surface area (Å²) in [6, 6.07) is 7.15. The Morgan fingerprint density at radius 1 is 1.35 bits per heavy atom. The van der Waals surface area contributed by atoms with E-state index in [1.165, 1.54) is 37.2 Å². The summed E-state index contributed by atoms with van der Waals surface area (Å²) in [5.41, 5.74) is 8.61. The standard InChI is InChI=1S/C16H24ClN3/c1-12(18)9-13-4-5-14(17)10-16(13)20-8-7-19-6-2-3-15(19)11-20/h4-5,10,12,15H,2-3,6-9,11,18H2,1H3. The maximum Gasteiger partial charge on any atom is 0.0426 e. The maximum atomic E-state index is 6.22. The van der Waals surface area contributed by atoms with Crippen molar-refractivity contribution >= 4 is 17.3 Å². The van der Waals surface area contributed by atoms with Crippen LogP contribution in [-0.4, -0.2) is 43.2 Å². The van der Waals surface area contributed by atoms with Crippen molar-refractivity contribution < 1.29 is 0 Å². The van der Waals surface area contributed by atoms with Crippen LogP contribution in [0.25, 0.3) is 0 Å². The number of fused-ring (bicyclic) bond motifs is 1. The Morgan fingerprint density at radius 2 is 2.20 bits per heavy atom. The van der Waals surface area contributed by atoms with Crippen LogP contribution in [0.15, 0.2) is 18.2 Å². The van der Waals surface area contributed by atoms with E-state index in [1.54, 1.807) is 0 Å². The molecule has 0 radical (unpaired) electrons. The predicted molar refractivity (Wildman–Crippen MR) is 85.6 cm³/mol. The summed E-state index contributed by atoms with van der Waals surface area (Å²) in [6.07, 6.45) is 3.60. The number of nitrogens with zero attached hydrogens (tertiary/aromatic N) is 2. The highest BCUT2D eigenvalue weighted by Crippen LogP contribution is 2.30. The topological polar surface area (TPSA) is 32.5 Å². The fourth-order valence-corrected chi connectivity index (χ4v) is 3.73. The molecule has 2 aliphatic heterocycles. The number of halogens is 1. The third-order valence-corrected chi connectivity index (χ3v) is 4.75. The van der Waals surface area contributed by atoms with Crippen LogP contribution in [0, 0.1) is 0 Å². The molecule has 20 heavy (non-hydrogen) atoms. The van der Waals surface area contributed by atoms with Gasteiger partial charge in [0, 0.05) is 42.4 Å². The third kappa shape index (κ3) is 2.95. The molecule has 1 aromatic carbocycles. The van der Waals surface area contributed by atoms with Crippen molar-refractivity contribution in [3.05, 3.63) is 28.8 Å². The van der Waals surface area contributed by atoms with Crippen molar-refractivity contribution in [1.82, 2.24) is 4.90 Å². The smallest absolute Gasteiger partial charge is 0.0426 e. The monoisotopic (exact) mass is 293 g/mol. The number of hydrogen-bond acceptors (Lipinski definition) is 3. The number of anilines is 1. The van der Waals surface area contributed by atoms with Crippen molar-refractivity contribution in [1.29, 1.82) is 0 Å². The molecule has 2 aliphatic rings. The van der Waals surface area contributed by atoms with Gasteiger partial charge in [0.2, 0.25) is 0 Å². The van der Waals surface area contributed by atoms with Gasteiger partial charge in [-0.25, -0.2) is 0 Å². The lowest BCUT2D eigenvalue weighted by Gasteiger charge is -2.39. The van der Waals surface area contributed by atoms with E-state index in [1.807, 2.05) is 6.07 Å². The van der Waals surface area contributed by atoms with E-state index in [0.717, 1.165) is 30.6 Å². The molecule has 2 unspecified atom stereocenters. The van der Waals surface area contributed by atoms with Gasteiger partial charge in [-0.05, 0) is 50.4 Å². The van der Waals surface area contributed by atoms with E-state index in [9.17, 15) is 0 Å². The van der Waals surface area contributed by atoms with E-state index in [2.05, 4.69) is 28.9 Å². The Labute approximate surface area is 126 Å². The van der Waals surface area contributed by atoms with Crippen LogP contribution in [0.4, 0.5) is 5.69 Å². The molecular formula is C16H24ClN3. The molecule has 0 aliphatic carbocycles. The second-order valence-electron chi connectivity index (χ2n) is 6.23. The van der Waals surface area contributed by atoms with Gasteiger partial charge >= 0.3 is 0 Å². The van der Waals surface area contributed by atoms with Crippen LogP contribution in [0.5, 0.6) is 0 Å². The Hall–Kier alpha value is -0.770. The summed E-state index contributed by atoms with van der Waals surface area (Å²) in [6.45, 7) is 6.75. The molecule has 2 heterocycles. The summed E-state index contributed by atoms with van der Waals surface area (Å²) in [5, 5.41) is 0.822. The zero-order valence-electron chi connectivity index (χ0n) is 12.2. The van der Waals surface area contributed by atoms with E-state index < -0.39 is 0 Å². The number of rotatable bonds is 3. The summed E-state index contributed by atoms with van der Waals surface area (Å²) in [7, 11) is 0. The summed E-state index contributed by atoms with van der Waals surface area (Å²) in [5.74, 6) is 0. The summed E-state index contributed by atoms with van der Waals surface area (Å²) in [4.78, 5) is 5.14. The highest BCUT2D eigenvalue weighted by molar-refractivity contribution is 6.30. The van der Waals surface area contributed by atoms with E-state index in [0.29, 0.717) is 0 Å². The van der Waals surface area contributed by atoms with Crippen molar-refractivity contribution in [3.63, 3.8) is 0 Å². The highest BCUT2D eigenvalue weighted by atomic mass is 35.5. The lowest BCUT2D eigenvalue weighted by molar-refractivity contribution is 0.231. The molecule has 0 amide bonds. The Balaban J connectivity index is 1.83. The van der Waals surface area contributed by atoms with Crippen molar-refractivity contribution in [2.24, 2.45) is 5.73 Å². The van der Waals surface area contributed by atoms with Gasteiger partial charge in [0.1, 0.15) is 0 Å². The molecule has 3 rings (SSSR count). The van der Waals surface area contributed by atoms with Crippen LogP contribution in [-0.2, 0) is 6.42 Å². The minimum Gasteiger partial charge on any atom is -0.368 e. The Kier molecular flexibility index (Phi) is 4.20. The van der Waals surface area contributed by atoms with E-state index in [4.69, 9.17) is 17.3 Å². The minimum absolute atomic E-state index is 0.183. The first-order chi connectivity index (χ1) is 9.63. The molecular weight excluding hydrogens is 270 g/mol. The molecule has 110 valence electrons. The van der Waals surface area contributed by atoms with Gasteiger partial charge in [0.25, 0.3) is 0 Å². The normalized spacial score (nSPS) is 24.8. The van der Waals surface area contributed by atoms with Crippen molar-refractivity contribution in [2.45, 2.75) is 38.3 Å². The van der Waals surface area contributed by atoms with Crippen molar-refractivity contribution in [3.8, 4) is 0 Å². The fourth-order valence-electron chi connectivity index (χ4n) is 3.56. The highest BCUT2D eigenvalue weighted by Gasteiger charge is 2.31. The second kappa shape index (κ2) is 5.92. The fraction of sp³-hybridized carbons (Fsp3) is 0.625. The molecule has 2 atom stereocenters. The van der Waals surface area contributed by atoms with Gasteiger partial charge in [-0.3, -0.25) is 4.90 Å². The lowest BCUT2D eigenvalue weighted by Crippen LogP contribution is -2.50. The van der Waals surface area contributed by atoms with Gasteiger partial charge in [0.05, 0.1) is 0 Å². The zero-order valence-corrected chi connectivity index (χ0v) is 12.9. The van der Waals surface area contributed by atoms with Crippen LogP contribution in [0.2, 0.25) is 5.02 Å². The minimum atomic E-state index is 0.183. The first-order valence-electron chi connectivity index (χ1n) is 7.66. The van der Waals surface area contributed by atoms with E-state index in [-0.39, 0.29) is 6.04 Å². The number of nitrogens with two attached hydrogens (primary N) is 1. The van der Waals surface area contributed by atoms with Gasteiger partial charge in [0.15, 0.2) is 0 Å². The van der Waals surface area contributed by atoms with Crippen LogP contribution >= 0.6 is 11.6 Å². The molecule has 2 saturated heterocycles. The van der Waals surface area contributed by atoms with Crippen LogP contribution in [0.1, 0.15) is 25.3 Å². The largest absolute Gasteiger partial charge is 0.368 e. The van der Waals surface area contributed by atoms with Crippen molar-refractivity contribution in [2.75, 3.05) is 31.1 Å². The SMILES string of the molecule is CC(N)Cc1ccc(Cl)cc1N1CCN2CCCC2C1. The quantitative estimate of drug-likeness (QED) is 0.929. The van der Waals surface area contributed by atoms with Crippen LogP contribution in [0.3, 0.4) is 0 Å². The molecule has 0 saturated carbocycles. The molecule has 2 fully saturated rings. The Bertz CT molecular complexity index is 475. The van der Waals surface area contributed by atoms with E-state index >= 15 is 0 Å². The average Bonchev–Trinajstić information content (AvgIpc) is 2.87. The molecule has 4 heteroatoms. The molecule has 0 aromatic heterocycles. The second-order valence-corrected chi connectivity index (χ2v) is 6.67. The van der Waals surface area contributed by atoms with Gasteiger partial charge in [-0.2, -0.15) is 0 Å². The summed E-state index contributed by atoms with van der Waals surface area (Å²) >= 11 is 6.22. The van der Waals surface area contributed by atoms with Gasteiger partial charge in [-0.15, -0.1) is 0 Å². The lowest BCUT2D eigenvalue weighted by atomic mass is 10.0. The molecule has 0 bridgehead atoms. The zero-order chi connectivity index (χ0) is 14.1.